The third-order valence-corrected chi connectivity index (χ3v) is 5.86. The molecule has 8 nitrogen and oxygen atoms in total. The van der Waals surface area contributed by atoms with Crippen LogP contribution >= 0.6 is 0 Å². The van der Waals surface area contributed by atoms with E-state index in [0.29, 0.717) is 43.0 Å². The van der Waals surface area contributed by atoms with Gasteiger partial charge < -0.3 is 19.5 Å². The molecule has 1 atom stereocenters. The second kappa shape index (κ2) is 8.97. The number of ether oxygens (including phenoxy) is 1. The van der Waals surface area contributed by atoms with Crippen LogP contribution in [0.5, 0.6) is 0 Å². The smallest absolute Gasteiger partial charge is 0.256 e. The van der Waals surface area contributed by atoms with E-state index in [1.807, 2.05) is 0 Å². The summed E-state index contributed by atoms with van der Waals surface area (Å²) in [5, 5.41) is 0. The molecule has 1 N–H and O–H groups in total. The van der Waals surface area contributed by atoms with E-state index in [-0.39, 0.29) is 42.1 Å². The van der Waals surface area contributed by atoms with Gasteiger partial charge in [0.05, 0.1) is 23.8 Å². The van der Waals surface area contributed by atoms with Gasteiger partial charge in [0, 0.05) is 32.2 Å². The van der Waals surface area contributed by atoms with E-state index in [1.54, 1.807) is 15.9 Å². The van der Waals surface area contributed by atoms with Gasteiger partial charge in [0.15, 0.2) is 0 Å². The molecular formula is C22H25FN4O4. The largest absolute Gasteiger partial charge is 0.375 e. The number of hydrogen-bond donors (Lipinski definition) is 1. The minimum atomic E-state index is -0.465. The molecule has 3 heterocycles. The van der Waals surface area contributed by atoms with Crippen molar-refractivity contribution in [2.45, 2.75) is 38.3 Å². The maximum absolute atomic E-state index is 13.6. The van der Waals surface area contributed by atoms with Crippen LogP contribution in [0.2, 0.25) is 0 Å². The number of carbonyl (C=O) groups is 2. The summed E-state index contributed by atoms with van der Waals surface area (Å²) in [6, 6.07) is 5.25. The van der Waals surface area contributed by atoms with Gasteiger partial charge in [-0.1, -0.05) is 6.07 Å². The molecule has 9 heteroatoms. The quantitative estimate of drug-likeness (QED) is 0.801. The van der Waals surface area contributed by atoms with Crippen molar-refractivity contribution in [3.63, 3.8) is 0 Å². The summed E-state index contributed by atoms with van der Waals surface area (Å²) >= 11 is 0. The molecule has 0 aliphatic carbocycles. The lowest BCUT2D eigenvalue weighted by Crippen LogP contribution is -2.43. The Kier molecular flexibility index (Phi) is 6.13. The number of carbonyl (C=O) groups excluding carboxylic acids is 2. The molecule has 0 bridgehead atoms. The number of aromatic amines is 1. The highest BCUT2D eigenvalue weighted by molar-refractivity contribution is 5.94. The topological polar surface area (TPSA) is 95.6 Å². The minimum Gasteiger partial charge on any atom is -0.375 e. The zero-order chi connectivity index (χ0) is 22.0. The Morgan fingerprint density at radius 1 is 1.29 bits per heavy atom. The summed E-state index contributed by atoms with van der Waals surface area (Å²) in [4.78, 5) is 48.8. The number of likely N-dealkylation sites (tertiary alicyclic amines) is 1. The number of halogens is 1. The molecule has 0 spiro atoms. The van der Waals surface area contributed by atoms with Crippen molar-refractivity contribution < 1.29 is 18.7 Å². The molecule has 2 aromatic rings. The number of amides is 2. The normalized spacial score (nSPS) is 18.6. The van der Waals surface area contributed by atoms with Crippen LogP contribution in [0.4, 0.5) is 4.39 Å². The van der Waals surface area contributed by atoms with E-state index in [1.165, 1.54) is 25.3 Å². The first-order valence-electron chi connectivity index (χ1n) is 10.4. The summed E-state index contributed by atoms with van der Waals surface area (Å²) in [5.74, 6) is -0.464. The highest BCUT2D eigenvalue weighted by Gasteiger charge is 2.32. The first kappa shape index (κ1) is 21.2. The number of hydrogen-bond acceptors (Lipinski definition) is 5. The van der Waals surface area contributed by atoms with Gasteiger partial charge in [0.2, 0.25) is 5.91 Å². The van der Waals surface area contributed by atoms with Crippen molar-refractivity contribution in [3.8, 4) is 0 Å². The van der Waals surface area contributed by atoms with Gasteiger partial charge in [-0.05, 0) is 37.5 Å². The first-order valence-corrected chi connectivity index (χ1v) is 10.4. The summed E-state index contributed by atoms with van der Waals surface area (Å²) in [6.45, 7) is 1.14. The molecule has 1 aromatic heterocycles. The molecule has 164 valence electrons. The number of rotatable bonds is 4. The zero-order valence-electron chi connectivity index (χ0n) is 17.4. The third kappa shape index (κ3) is 4.36. The number of aromatic nitrogens is 2. The molecule has 0 saturated carbocycles. The van der Waals surface area contributed by atoms with Crippen molar-refractivity contribution in [1.82, 2.24) is 19.8 Å². The minimum absolute atomic E-state index is 0.0298. The van der Waals surface area contributed by atoms with Gasteiger partial charge in [-0.3, -0.25) is 14.4 Å². The predicted molar refractivity (Wildman–Crippen MR) is 110 cm³/mol. The van der Waals surface area contributed by atoms with Gasteiger partial charge in [-0.15, -0.1) is 0 Å². The summed E-state index contributed by atoms with van der Waals surface area (Å²) in [7, 11) is 1.46. The molecule has 4 rings (SSSR count). The maximum Gasteiger partial charge on any atom is 0.256 e. The fourth-order valence-electron chi connectivity index (χ4n) is 4.28. The molecule has 2 aliphatic heterocycles. The van der Waals surface area contributed by atoms with Crippen molar-refractivity contribution in [1.29, 1.82) is 0 Å². The predicted octanol–water partition coefficient (Wildman–Crippen LogP) is 1.81. The molecule has 2 aliphatic rings. The SMILES string of the molecule is COCC(=O)N1CCc2nc(C3CCCCN3C(=O)c3cccc(F)c3)[nH]c(=O)c2C1. The van der Waals surface area contributed by atoms with E-state index >= 15 is 0 Å². The molecule has 2 amide bonds. The first-order chi connectivity index (χ1) is 15.0. The Hall–Kier alpha value is -3.07. The van der Waals surface area contributed by atoms with Crippen molar-refractivity contribution >= 4 is 11.8 Å². The highest BCUT2D eigenvalue weighted by atomic mass is 19.1. The second-order valence-corrected chi connectivity index (χ2v) is 7.90. The second-order valence-electron chi connectivity index (χ2n) is 7.90. The van der Waals surface area contributed by atoms with Crippen LogP contribution in [-0.4, -0.2) is 58.4 Å². The number of nitrogens with zero attached hydrogens (tertiary/aromatic N) is 3. The standard InChI is InChI=1S/C22H25FN4O4/c1-31-13-19(28)26-10-8-17-16(12-26)21(29)25-20(24-17)18-7-2-3-9-27(18)22(30)14-5-4-6-15(23)11-14/h4-6,11,18H,2-3,7-10,12-13H2,1H3,(H,24,25,29). The highest BCUT2D eigenvalue weighted by Crippen LogP contribution is 2.30. The number of H-pyrrole nitrogens is 1. The van der Waals surface area contributed by atoms with Crippen LogP contribution in [-0.2, 0) is 22.5 Å². The molecule has 1 saturated heterocycles. The molecule has 31 heavy (non-hydrogen) atoms. The van der Waals surface area contributed by atoms with Crippen LogP contribution < -0.4 is 5.56 Å². The Morgan fingerprint density at radius 3 is 2.90 bits per heavy atom. The maximum atomic E-state index is 13.6. The van der Waals surface area contributed by atoms with E-state index in [4.69, 9.17) is 4.74 Å². The fourth-order valence-corrected chi connectivity index (χ4v) is 4.28. The Balaban J connectivity index is 1.61. The average molecular weight is 428 g/mol. The molecule has 1 unspecified atom stereocenters. The van der Waals surface area contributed by atoms with Gasteiger partial charge in [-0.25, -0.2) is 9.37 Å². The van der Waals surface area contributed by atoms with E-state index in [0.717, 1.165) is 12.8 Å². The van der Waals surface area contributed by atoms with Crippen LogP contribution in [0.15, 0.2) is 29.1 Å². The number of nitrogens with one attached hydrogen (secondary N) is 1. The number of benzene rings is 1. The third-order valence-electron chi connectivity index (χ3n) is 5.86. The monoisotopic (exact) mass is 428 g/mol. The van der Waals surface area contributed by atoms with E-state index in [9.17, 15) is 18.8 Å². The van der Waals surface area contributed by atoms with Crippen LogP contribution in [0, 0.1) is 5.82 Å². The fraction of sp³-hybridized carbons (Fsp3) is 0.455. The molecule has 0 radical (unpaired) electrons. The van der Waals surface area contributed by atoms with E-state index in [2.05, 4.69) is 9.97 Å². The lowest BCUT2D eigenvalue weighted by atomic mass is 9.99. The Morgan fingerprint density at radius 2 is 2.13 bits per heavy atom. The zero-order valence-corrected chi connectivity index (χ0v) is 17.4. The summed E-state index contributed by atoms with van der Waals surface area (Å²) in [5.41, 5.74) is 1.11. The van der Waals surface area contributed by atoms with Gasteiger partial charge in [-0.2, -0.15) is 0 Å². The molecule has 1 aromatic carbocycles. The molecular weight excluding hydrogens is 403 g/mol. The van der Waals surface area contributed by atoms with Crippen LogP contribution in [0.1, 0.15) is 52.7 Å². The number of piperidine rings is 1. The van der Waals surface area contributed by atoms with Gasteiger partial charge in [0.25, 0.3) is 11.5 Å². The Bertz CT molecular complexity index is 1050. The number of methoxy groups -OCH3 is 1. The summed E-state index contributed by atoms with van der Waals surface area (Å²) < 4.78 is 18.5. The van der Waals surface area contributed by atoms with Crippen LogP contribution in [0.3, 0.4) is 0 Å². The van der Waals surface area contributed by atoms with E-state index < -0.39 is 5.82 Å². The summed E-state index contributed by atoms with van der Waals surface area (Å²) in [6.07, 6.45) is 2.87. The van der Waals surface area contributed by atoms with Crippen molar-refractivity contribution in [2.75, 3.05) is 26.8 Å². The average Bonchev–Trinajstić information content (AvgIpc) is 2.78. The van der Waals surface area contributed by atoms with Gasteiger partial charge >= 0.3 is 0 Å². The van der Waals surface area contributed by atoms with Crippen molar-refractivity contribution in [2.24, 2.45) is 0 Å². The van der Waals surface area contributed by atoms with Gasteiger partial charge in [0.1, 0.15) is 18.2 Å². The molecule has 1 fully saturated rings. The Labute approximate surface area is 179 Å². The van der Waals surface area contributed by atoms with Crippen molar-refractivity contribution in [3.05, 3.63) is 63.1 Å². The lowest BCUT2D eigenvalue weighted by molar-refractivity contribution is -0.136. The lowest BCUT2D eigenvalue weighted by Gasteiger charge is -2.36. The number of fused-ring (bicyclic) bond motifs is 1. The van der Waals surface area contributed by atoms with Crippen LogP contribution in [0.25, 0.3) is 0 Å².